The maximum absolute atomic E-state index is 5.28. The maximum atomic E-state index is 5.28. The van der Waals surface area contributed by atoms with Crippen LogP contribution in [0.25, 0.3) is 0 Å². The monoisotopic (exact) mass is 259 g/mol. The molecular formula is C12H22ClN3O. The molecule has 2 heterocycles. The summed E-state index contributed by atoms with van der Waals surface area (Å²) in [5.41, 5.74) is 0.970. The molecular weight excluding hydrogens is 238 g/mol. The van der Waals surface area contributed by atoms with E-state index in [-0.39, 0.29) is 12.4 Å². The Balaban J connectivity index is 0.00000144. The van der Waals surface area contributed by atoms with Gasteiger partial charge < -0.3 is 9.84 Å². The lowest BCUT2D eigenvalue weighted by Crippen LogP contribution is -2.50. The smallest absolute Gasteiger partial charge is 0.150 e. The van der Waals surface area contributed by atoms with Crippen molar-refractivity contribution in [2.45, 2.75) is 39.3 Å². The molecule has 1 aliphatic heterocycles. The van der Waals surface area contributed by atoms with Crippen LogP contribution < -0.4 is 5.32 Å². The van der Waals surface area contributed by atoms with E-state index in [1.165, 1.54) is 12.8 Å². The van der Waals surface area contributed by atoms with Crippen LogP contribution >= 0.6 is 12.4 Å². The predicted molar refractivity (Wildman–Crippen MR) is 70.5 cm³/mol. The zero-order valence-corrected chi connectivity index (χ0v) is 11.4. The van der Waals surface area contributed by atoms with E-state index in [0.29, 0.717) is 6.04 Å². The molecule has 4 nitrogen and oxygen atoms in total. The Labute approximate surface area is 109 Å². The third-order valence-corrected chi connectivity index (χ3v) is 3.13. The normalized spacial score (nSPS) is 21.2. The van der Waals surface area contributed by atoms with Crippen LogP contribution in [0.2, 0.25) is 0 Å². The lowest BCUT2D eigenvalue weighted by Gasteiger charge is -2.35. The fraction of sp³-hybridized carbons (Fsp3) is 0.750. The van der Waals surface area contributed by atoms with Gasteiger partial charge >= 0.3 is 0 Å². The highest BCUT2D eigenvalue weighted by Crippen LogP contribution is 2.14. The van der Waals surface area contributed by atoms with Gasteiger partial charge in [0, 0.05) is 31.7 Å². The topological polar surface area (TPSA) is 41.3 Å². The Hall–Kier alpha value is -0.580. The van der Waals surface area contributed by atoms with Gasteiger partial charge in [-0.2, -0.15) is 0 Å². The first kappa shape index (κ1) is 14.5. The molecule has 0 spiro atoms. The number of rotatable bonds is 4. The van der Waals surface area contributed by atoms with Gasteiger partial charge in [0.25, 0.3) is 0 Å². The number of aromatic nitrogens is 1. The molecule has 2 rings (SSSR count). The number of nitrogens with one attached hydrogen (secondary N) is 1. The van der Waals surface area contributed by atoms with Crippen molar-refractivity contribution in [2.24, 2.45) is 0 Å². The summed E-state index contributed by atoms with van der Waals surface area (Å²) in [7, 11) is 0. The number of hydrogen-bond acceptors (Lipinski definition) is 4. The van der Waals surface area contributed by atoms with Gasteiger partial charge in [0.2, 0.25) is 0 Å². The summed E-state index contributed by atoms with van der Waals surface area (Å²) in [5, 5.41) is 7.39. The van der Waals surface area contributed by atoms with Crippen LogP contribution in [0, 0.1) is 6.92 Å². The predicted octanol–water partition coefficient (Wildman–Crippen LogP) is 1.98. The molecule has 0 saturated carbocycles. The first-order chi connectivity index (χ1) is 7.79. The van der Waals surface area contributed by atoms with Crippen LogP contribution in [0.5, 0.6) is 0 Å². The van der Waals surface area contributed by atoms with Crippen molar-refractivity contribution in [3.8, 4) is 0 Å². The number of piperazine rings is 1. The van der Waals surface area contributed by atoms with Crippen LogP contribution in [0.15, 0.2) is 10.6 Å². The molecule has 0 radical (unpaired) electrons. The van der Waals surface area contributed by atoms with E-state index in [0.717, 1.165) is 37.6 Å². The molecule has 0 bridgehead atoms. The van der Waals surface area contributed by atoms with Crippen molar-refractivity contribution in [2.75, 3.05) is 19.6 Å². The van der Waals surface area contributed by atoms with Gasteiger partial charge in [-0.3, -0.25) is 4.90 Å². The second kappa shape index (κ2) is 6.99. The lowest BCUT2D eigenvalue weighted by molar-refractivity contribution is 0.130. The third kappa shape index (κ3) is 3.98. The Morgan fingerprint density at radius 1 is 1.59 bits per heavy atom. The molecule has 17 heavy (non-hydrogen) atoms. The summed E-state index contributed by atoms with van der Waals surface area (Å²) >= 11 is 0. The number of hydrogen-bond donors (Lipinski definition) is 1. The highest BCUT2D eigenvalue weighted by atomic mass is 35.5. The van der Waals surface area contributed by atoms with Gasteiger partial charge in [0.15, 0.2) is 5.76 Å². The zero-order chi connectivity index (χ0) is 11.4. The molecule has 0 aromatic carbocycles. The Morgan fingerprint density at radius 2 is 2.41 bits per heavy atom. The van der Waals surface area contributed by atoms with Crippen molar-refractivity contribution >= 4 is 12.4 Å². The molecule has 1 fully saturated rings. The molecule has 5 heteroatoms. The van der Waals surface area contributed by atoms with Gasteiger partial charge in [0.1, 0.15) is 0 Å². The van der Waals surface area contributed by atoms with Gasteiger partial charge in [-0.25, -0.2) is 0 Å². The molecule has 0 amide bonds. The standard InChI is InChI=1S/C12H21N3O.ClH/c1-3-4-11-8-13-5-6-15(11)9-12-7-10(2)14-16-12;/h7,11,13H,3-6,8-9H2,1-2H3;1H. The van der Waals surface area contributed by atoms with E-state index in [1.54, 1.807) is 0 Å². The van der Waals surface area contributed by atoms with Crippen molar-refractivity contribution in [3.63, 3.8) is 0 Å². The molecule has 1 saturated heterocycles. The van der Waals surface area contributed by atoms with Crippen LogP contribution in [0.3, 0.4) is 0 Å². The first-order valence-corrected chi connectivity index (χ1v) is 6.16. The Kier molecular flexibility index (Phi) is 5.95. The highest BCUT2D eigenvalue weighted by Gasteiger charge is 2.22. The lowest BCUT2D eigenvalue weighted by atomic mass is 10.1. The maximum Gasteiger partial charge on any atom is 0.150 e. The Morgan fingerprint density at radius 3 is 3.06 bits per heavy atom. The van der Waals surface area contributed by atoms with Crippen molar-refractivity contribution in [1.29, 1.82) is 0 Å². The molecule has 1 atom stereocenters. The minimum Gasteiger partial charge on any atom is -0.360 e. The molecule has 1 aliphatic rings. The molecule has 98 valence electrons. The molecule has 1 N–H and O–H groups in total. The van der Waals surface area contributed by atoms with E-state index in [9.17, 15) is 0 Å². The van der Waals surface area contributed by atoms with Crippen molar-refractivity contribution < 1.29 is 4.52 Å². The summed E-state index contributed by atoms with van der Waals surface area (Å²) < 4.78 is 5.28. The minimum absolute atomic E-state index is 0. The third-order valence-electron chi connectivity index (χ3n) is 3.13. The molecule has 1 aromatic rings. The van der Waals surface area contributed by atoms with Gasteiger partial charge in [0.05, 0.1) is 12.2 Å². The summed E-state index contributed by atoms with van der Waals surface area (Å²) in [6, 6.07) is 2.68. The molecule has 1 aromatic heterocycles. The van der Waals surface area contributed by atoms with Crippen LogP contribution in [0.4, 0.5) is 0 Å². The number of halogens is 1. The van der Waals surface area contributed by atoms with Gasteiger partial charge in [-0.05, 0) is 13.3 Å². The summed E-state index contributed by atoms with van der Waals surface area (Å²) in [6.07, 6.45) is 2.48. The van der Waals surface area contributed by atoms with Crippen LogP contribution in [-0.4, -0.2) is 35.7 Å². The van der Waals surface area contributed by atoms with Gasteiger partial charge in [-0.1, -0.05) is 18.5 Å². The van der Waals surface area contributed by atoms with Crippen LogP contribution in [0.1, 0.15) is 31.2 Å². The highest BCUT2D eigenvalue weighted by molar-refractivity contribution is 5.85. The van der Waals surface area contributed by atoms with E-state index in [1.807, 2.05) is 13.0 Å². The Bertz CT molecular complexity index is 327. The van der Waals surface area contributed by atoms with E-state index >= 15 is 0 Å². The quantitative estimate of drug-likeness (QED) is 0.898. The van der Waals surface area contributed by atoms with E-state index < -0.39 is 0 Å². The van der Waals surface area contributed by atoms with Crippen LogP contribution in [-0.2, 0) is 6.54 Å². The average Bonchev–Trinajstić information content (AvgIpc) is 2.67. The molecule has 1 unspecified atom stereocenters. The first-order valence-electron chi connectivity index (χ1n) is 6.16. The van der Waals surface area contributed by atoms with Crippen molar-refractivity contribution in [1.82, 2.24) is 15.4 Å². The minimum atomic E-state index is 0. The van der Waals surface area contributed by atoms with Gasteiger partial charge in [-0.15, -0.1) is 12.4 Å². The van der Waals surface area contributed by atoms with E-state index in [4.69, 9.17) is 4.52 Å². The summed E-state index contributed by atoms with van der Waals surface area (Å²) in [6.45, 7) is 8.38. The second-order valence-electron chi connectivity index (χ2n) is 4.55. The fourth-order valence-electron chi connectivity index (χ4n) is 2.32. The average molecular weight is 260 g/mol. The summed E-state index contributed by atoms with van der Waals surface area (Å²) in [5.74, 6) is 0.987. The van der Waals surface area contributed by atoms with Crippen molar-refractivity contribution in [3.05, 3.63) is 17.5 Å². The zero-order valence-electron chi connectivity index (χ0n) is 10.6. The molecule has 0 aliphatic carbocycles. The number of aryl methyl sites for hydroxylation is 1. The second-order valence-corrected chi connectivity index (χ2v) is 4.55. The SMILES string of the molecule is CCCC1CNCCN1Cc1cc(C)no1.Cl. The fourth-order valence-corrected chi connectivity index (χ4v) is 2.32. The number of nitrogens with zero attached hydrogens (tertiary/aromatic N) is 2. The van der Waals surface area contributed by atoms with E-state index in [2.05, 4.69) is 22.3 Å². The largest absolute Gasteiger partial charge is 0.360 e. The summed E-state index contributed by atoms with van der Waals surface area (Å²) in [4.78, 5) is 2.50.